The normalized spacial score (nSPS) is 11.8. The highest BCUT2D eigenvalue weighted by molar-refractivity contribution is 7.99. The summed E-state index contributed by atoms with van der Waals surface area (Å²) in [6.45, 7) is 3.95. The number of aromatic nitrogens is 3. The van der Waals surface area contributed by atoms with Gasteiger partial charge in [-0.3, -0.25) is 9.59 Å². The molecule has 1 N–H and O–H groups in total. The predicted octanol–water partition coefficient (Wildman–Crippen LogP) is 5.16. The molecule has 3 rings (SSSR count). The second-order valence-corrected chi connectivity index (χ2v) is 9.00. The van der Waals surface area contributed by atoms with Crippen molar-refractivity contribution in [1.29, 1.82) is 0 Å². The first kappa shape index (κ1) is 24.8. The molecule has 1 atom stereocenters. The standard InChI is InChI=1S/C24H27ClN4O3S/c1-4-5-21(17-10-12-26-22(14-17)33-13-11-23(30)32-3)28-24(31)20-15-27-29(16(20)2)19-8-6-18(25)7-9-19/h6-10,12,14-15,21H,4-5,11,13H2,1-3H3,(H,28,31). The van der Waals surface area contributed by atoms with E-state index in [2.05, 4.69) is 27.1 Å². The monoisotopic (exact) mass is 486 g/mol. The Balaban J connectivity index is 1.74. The van der Waals surface area contributed by atoms with Crippen LogP contribution in [-0.2, 0) is 9.53 Å². The Hall–Kier alpha value is -2.84. The van der Waals surface area contributed by atoms with Gasteiger partial charge in [-0.2, -0.15) is 5.10 Å². The van der Waals surface area contributed by atoms with Gasteiger partial charge in [0.15, 0.2) is 0 Å². The van der Waals surface area contributed by atoms with Gasteiger partial charge in [0.05, 0.1) is 47.7 Å². The smallest absolute Gasteiger partial charge is 0.306 e. The number of thioether (sulfide) groups is 1. The third-order valence-electron chi connectivity index (χ3n) is 5.15. The van der Waals surface area contributed by atoms with Crippen LogP contribution in [0.1, 0.15) is 53.8 Å². The summed E-state index contributed by atoms with van der Waals surface area (Å²) >= 11 is 7.47. The highest BCUT2D eigenvalue weighted by Crippen LogP contribution is 2.25. The first-order valence-corrected chi connectivity index (χ1v) is 12.1. The van der Waals surface area contributed by atoms with Gasteiger partial charge in [-0.15, -0.1) is 11.8 Å². The van der Waals surface area contributed by atoms with Crippen LogP contribution >= 0.6 is 23.4 Å². The van der Waals surface area contributed by atoms with Gasteiger partial charge >= 0.3 is 5.97 Å². The van der Waals surface area contributed by atoms with Crippen LogP contribution in [0.5, 0.6) is 0 Å². The SMILES string of the molecule is CCCC(NC(=O)c1cnn(-c2ccc(Cl)cc2)c1C)c1ccnc(SCCC(=O)OC)c1. The Labute approximate surface area is 202 Å². The van der Waals surface area contributed by atoms with Gasteiger partial charge in [0.25, 0.3) is 5.91 Å². The van der Waals surface area contributed by atoms with Crippen molar-refractivity contribution in [3.63, 3.8) is 0 Å². The molecule has 2 aromatic heterocycles. The molecule has 1 unspecified atom stereocenters. The number of pyridine rings is 1. The molecule has 33 heavy (non-hydrogen) atoms. The molecule has 0 saturated carbocycles. The number of nitrogens with one attached hydrogen (secondary N) is 1. The second-order valence-electron chi connectivity index (χ2n) is 7.45. The van der Waals surface area contributed by atoms with Gasteiger partial charge in [-0.25, -0.2) is 9.67 Å². The number of esters is 1. The Morgan fingerprint density at radius 1 is 1.24 bits per heavy atom. The molecule has 174 valence electrons. The molecule has 1 aromatic carbocycles. The Kier molecular flexibility index (Phi) is 8.91. The maximum atomic E-state index is 13.1. The van der Waals surface area contributed by atoms with Crippen LogP contribution in [0.15, 0.2) is 53.8 Å². The van der Waals surface area contributed by atoms with Crippen molar-refractivity contribution in [1.82, 2.24) is 20.1 Å². The zero-order chi connectivity index (χ0) is 23.8. The summed E-state index contributed by atoms with van der Waals surface area (Å²) in [7, 11) is 1.38. The number of rotatable bonds is 10. The average molecular weight is 487 g/mol. The number of amides is 1. The number of carbonyl (C=O) groups is 2. The molecule has 9 heteroatoms. The number of methoxy groups -OCH3 is 1. The summed E-state index contributed by atoms with van der Waals surface area (Å²) in [4.78, 5) is 28.8. The first-order valence-electron chi connectivity index (χ1n) is 10.7. The van der Waals surface area contributed by atoms with E-state index < -0.39 is 0 Å². The zero-order valence-electron chi connectivity index (χ0n) is 18.9. The van der Waals surface area contributed by atoms with E-state index in [1.807, 2.05) is 31.2 Å². The molecule has 0 spiro atoms. The maximum Gasteiger partial charge on any atom is 0.306 e. The van der Waals surface area contributed by atoms with E-state index in [1.165, 1.54) is 18.9 Å². The highest BCUT2D eigenvalue weighted by atomic mass is 35.5. The summed E-state index contributed by atoms with van der Waals surface area (Å²) in [5.41, 5.74) is 3.08. The lowest BCUT2D eigenvalue weighted by atomic mass is 10.0. The molecular weight excluding hydrogens is 460 g/mol. The maximum absolute atomic E-state index is 13.1. The molecule has 3 aromatic rings. The fourth-order valence-corrected chi connectivity index (χ4v) is 4.34. The predicted molar refractivity (Wildman–Crippen MR) is 130 cm³/mol. The minimum atomic E-state index is -0.246. The van der Waals surface area contributed by atoms with E-state index in [4.69, 9.17) is 11.6 Å². The van der Waals surface area contributed by atoms with Crippen molar-refractivity contribution in [2.45, 2.75) is 44.2 Å². The van der Waals surface area contributed by atoms with E-state index in [0.717, 1.165) is 34.8 Å². The fourth-order valence-electron chi connectivity index (χ4n) is 3.38. The summed E-state index contributed by atoms with van der Waals surface area (Å²) in [5.74, 6) is 0.156. The number of nitrogens with zero attached hydrogens (tertiary/aromatic N) is 3. The van der Waals surface area contributed by atoms with Crippen LogP contribution < -0.4 is 5.32 Å². The largest absolute Gasteiger partial charge is 0.469 e. The topological polar surface area (TPSA) is 86.1 Å². The molecule has 0 aliphatic heterocycles. The molecule has 7 nitrogen and oxygen atoms in total. The first-order chi connectivity index (χ1) is 15.9. The van der Waals surface area contributed by atoms with E-state index in [0.29, 0.717) is 22.8 Å². The molecule has 2 heterocycles. The number of halogens is 1. The summed E-state index contributed by atoms with van der Waals surface area (Å²) in [6, 6.07) is 11.0. The van der Waals surface area contributed by atoms with Gasteiger partial charge in [0.1, 0.15) is 0 Å². The fraction of sp³-hybridized carbons (Fsp3) is 0.333. The van der Waals surface area contributed by atoms with Crippen LogP contribution in [0.3, 0.4) is 0 Å². The van der Waals surface area contributed by atoms with Gasteiger partial charge in [-0.1, -0.05) is 24.9 Å². The highest BCUT2D eigenvalue weighted by Gasteiger charge is 2.20. The lowest BCUT2D eigenvalue weighted by molar-refractivity contribution is -0.140. The number of carbonyl (C=O) groups excluding carboxylic acids is 2. The van der Waals surface area contributed by atoms with Crippen LogP contribution in [0.25, 0.3) is 5.69 Å². The van der Waals surface area contributed by atoms with E-state index in [1.54, 1.807) is 29.2 Å². The lowest BCUT2D eigenvalue weighted by Gasteiger charge is -2.19. The van der Waals surface area contributed by atoms with Crippen molar-refractivity contribution < 1.29 is 14.3 Å². The number of hydrogen-bond donors (Lipinski definition) is 1. The van der Waals surface area contributed by atoms with Gasteiger partial charge in [-0.05, 0) is 55.3 Å². The second kappa shape index (κ2) is 11.9. The Morgan fingerprint density at radius 2 is 2.00 bits per heavy atom. The van der Waals surface area contributed by atoms with Gasteiger partial charge in [0, 0.05) is 17.0 Å². The third-order valence-corrected chi connectivity index (χ3v) is 6.33. The van der Waals surface area contributed by atoms with Crippen molar-refractivity contribution in [3.05, 3.63) is 70.6 Å². The van der Waals surface area contributed by atoms with E-state index in [-0.39, 0.29) is 17.9 Å². The number of benzene rings is 1. The van der Waals surface area contributed by atoms with Crippen molar-refractivity contribution in [2.75, 3.05) is 12.9 Å². The molecule has 1 amide bonds. The number of ether oxygens (including phenoxy) is 1. The van der Waals surface area contributed by atoms with Gasteiger partial charge in [0.2, 0.25) is 0 Å². The number of hydrogen-bond acceptors (Lipinski definition) is 6. The summed E-state index contributed by atoms with van der Waals surface area (Å²) in [5, 5.41) is 8.99. The van der Waals surface area contributed by atoms with Crippen molar-refractivity contribution in [3.8, 4) is 5.69 Å². The van der Waals surface area contributed by atoms with Gasteiger partial charge < -0.3 is 10.1 Å². The molecule has 0 saturated heterocycles. The average Bonchev–Trinajstić information content (AvgIpc) is 3.20. The summed E-state index contributed by atoms with van der Waals surface area (Å²) < 4.78 is 6.40. The van der Waals surface area contributed by atoms with Crippen LogP contribution in [0.4, 0.5) is 0 Å². The van der Waals surface area contributed by atoms with Crippen molar-refractivity contribution >= 4 is 35.2 Å². The molecule has 0 fully saturated rings. The third kappa shape index (κ3) is 6.58. The molecule has 0 radical (unpaired) electrons. The van der Waals surface area contributed by atoms with Crippen LogP contribution in [0, 0.1) is 6.92 Å². The van der Waals surface area contributed by atoms with Crippen LogP contribution in [-0.4, -0.2) is 39.5 Å². The minimum absolute atomic E-state index is 0.163. The molecule has 0 aliphatic rings. The molecule has 0 bridgehead atoms. The van der Waals surface area contributed by atoms with Crippen molar-refractivity contribution in [2.24, 2.45) is 0 Å². The van der Waals surface area contributed by atoms with Crippen LogP contribution in [0.2, 0.25) is 5.02 Å². The zero-order valence-corrected chi connectivity index (χ0v) is 20.4. The molecular formula is C24H27ClN4O3S. The Morgan fingerprint density at radius 3 is 2.70 bits per heavy atom. The molecule has 0 aliphatic carbocycles. The lowest BCUT2D eigenvalue weighted by Crippen LogP contribution is -2.29. The summed E-state index contributed by atoms with van der Waals surface area (Å²) in [6.07, 6.45) is 5.32. The van der Waals surface area contributed by atoms with E-state index >= 15 is 0 Å². The van der Waals surface area contributed by atoms with E-state index in [9.17, 15) is 9.59 Å². The quantitative estimate of drug-likeness (QED) is 0.315. The minimum Gasteiger partial charge on any atom is -0.469 e. The Bertz CT molecular complexity index is 1100.